The van der Waals surface area contributed by atoms with Gasteiger partial charge in [0.05, 0.1) is 17.4 Å². The molecule has 4 aromatic rings. The second-order valence-electron chi connectivity index (χ2n) is 8.49. The molecule has 1 atom stereocenters. The van der Waals surface area contributed by atoms with Gasteiger partial charge in [0.25, 0.3) is 0 Å². The van der Waals surface area contributed by atoms with Crippen LogP contribution in [-0.2, 0) is 18.9 Å². The van der Waals surface area contributed by atoms with Crippen molar-refractivity contribution in [1.82, 2.24) is 19.7 Å². The highest BCUT2D eigenvalue weighted by atomic mass is 16.1. The predicted molar refractivity (Wildman–Crippen MR) is 120 cm³/mol. The van der Waals surface area contributed by atoms with Crippen LogP contribution in [0.25, 0.3) is 16.6 Å². The van der Waals surface area contributed by atoms with Gasteiger partial charge in [0.15, 0.2) is 0 Å². The molecule has 3 heterocycles. The van der Waals surface area contributed by atoms with Gasteiger partial charge in [-0.05, 0) is 61.2 Å². The Kier molecular flexibility index (Phi) is 4.55. The average Bonchev–Trinajstić information content (AvgIpc) is 3.38. The number of fused-ring (bicyclic) bond motifs is 1. The van der Waals surface area contributed by atoms with Gasteiger partial charge in [-0.15, -0.1) is 0 Å². The number of nitrogens with zero attached hydrogens (tertiary/aromatic N) is 3. The van der Waals surface area contributed by atoms with E-state index in [1.807, 2.05) is 23.1 Å². The molecule has 0 radical (unpaired) electrons. The Labute approximate surface area is 176 Å². The molecule has 5 nitrogen and oxygen atoms in total. The lowest BCUT2D eigenvalue weighted by molar-refractivity contribution is 0.465. The molecule has 0 bridgehead atoms. The number of hydrogen-bond donors (Lipinski definition) is 1. The summed E-state index contributed by atoms with van der Waals surface area (Å²) in [5.74, 6) is 0. The van der Waals surface area contributed by atoms with E-state index in [1.165, 1.54) is 16.7 Å². The highest BCUT2D eigenvalue weighted by Gasteiger charge is 2.37. The zero-order valence-corrected chi connectivity index (χ0v) is 17.4. The Hall–Kier alpha value is -3.18. The fraction of sp³-hybridized carbons (Fsp3) is 0.280. The summed E-state index contributed by atoms with van der Waals surface area (Å²) in [6, 6.07) is 18.8. The van der Waals surface area contributed by atoms with Crippen molar-refractivity contribution in [3.63, 3.8) is 0 Å². The summed E-state index contributed by atoms with van der Waals surface area (Å²) in [5.41, 5.74) is 6.10. The van der Waals surface area contributed by atoms with Crippen LogP contribution in [0, 0.1) is 6.92 Å². The van der Waals surface area contributed by atoms with E-state index in [0.29, 0.717) is 0 Å². The van der Waals surface area contributed by atoms with Crippen LogP contribution in [0.2, 0.25) is 0 Å². The maximum atomic E-state index is 11.8. The molecular formula is C25H26N4O. The van der Waals surface area contributed by atoms with Crippen LogP contribution in [-0.4, -0.2) is 27.4 Å². The maximum Gasteiger partial charge on any atom is 0.250 e. The smallest absolute Gasteiger partial charge is 0.250 e. The molecule has 0 saturated carbocycles. The molecule has 5 heteroatoms. The molecule has 1 unspecified atom stereocenters. The first-order valence-electron chi connectivity index (χ1n) is 10.5. The van der Waals surface area contributed by atoms with Gasteiger partial charge in [0.1, 0.15) is 0 Å². The summed E-state index contributed by atoms with van der Waals surface area (Å²) in [7, 11) is 1.77. The Morgan fingerprint density at radius 2 is 1.97 bits per heavy atom. The highest BCUT2D eigenvalue weighted by molar-refractivity contribution is 5.82. The predicted octanol–water partition coefficient (Wildman–Crippen LogP) is 3.51. The van der Waals surface area contributed by atoms with Crippen LogP contribution in [0.4, 0.5) is 0 Å². The first-order valence-corrected chi connectivity index (χ1v) is 10.5. The van der Waals surface area contributed by atoms with Crippen molar-refractivity contribution in [2.45, 2.75) is 25.2 Å². The molecule has 1 saturated heterocycles. The van der Waals surface area contributed by atoms with Crippen LogP contribution in [0.3, 0.4) is 0 Å². The fourth-order valence-corrected chi connectivity index (χ4v) is 4.87. The zero-order valence-electron chi connectivity index (χ0n) is 17.4. The average molecular weight is 399 g/mol. The van der Waals surface area contributed by atoms with Gasteiger partial charge in [-0.1, -0.05) is 30.3 Å². The molecule has 0 amide bonds. The van der Waals surface area contributed by atoms with Gasteiger partial charge in [-0.3, -0.25) is 4.79 Å². The van der Waals surface area contributed by atoms with Crippen molar-refractivity contribution in [1.29, 1.82) is 0 Å². The summed E-state index contributed by atoms with van der Waals surface area (Å²) in [4.78, 5) is 11.8. The summed E-state index contributed by atoms with van der Waals surface area (Å²) in [6.45, 7) is 4.24. The molecule has 1 aliphatic rings. The largest absolute Gasteiger partial charge is 0.316 e. The Morgan fingerprint density at radius 1 is 1.13 bits per heavy atom. The summed E-state index contributed by atoms with van der Waals surface area (Å²) >= 11 is 0. The summed E-state index contributed by atoms with van der Waals surface area (Å²) in [6.07, 6.45) is 5.92. The van der Waals surface area contributed by atoms with E-state index in [2.05, 4.69) is 59.8 Å². The van der Waals surface area contributed by atoms with E-state index in [0.717, 1.165) is 42.5 Å². The van der Waals surface area contributed by atoms with E-state index < -0.39 is 0 Å². The molecule has 0 spiro atoms. The number of benzene rings is 2. The van der Waals surface area contributed by atoms with Gasteiger partial charge in [0, 0.05) is 36.7 Å². The molecule has 1 N–H and O–H groups in total. The molecule has 2 aromatic carbocycles. The van der Waals surface area contributed by atoms with Gasteiger partial charge >= 0.3 is 0 Å². The first kappa shape index (κ1) is 18.8. The molecule has 0 aliphatic carbocycles. The van der Waals surface area contributed by atoms with Crippen LogP contribution < -0.4 is 10.9 Å². The minimum atomic E-state index is -0.0229. The topological polar surface area (TPSA) is 51.9 Å². The van der Waals surface area contributed by atoms with E-state index >= 15 is 0 Å². The van der Waals surface area contributed by atoms with Crippen molar-refractivity contribution in [2.24, 2.45) is 7.05 Å². The number of pyridine rings is 1. The standard InChI is InChI=1S/C25H26N4O/c1-18-12-23-20(15-27-29(23)21-8-9-24(30)28(2)16-21)13-22(18)25(10-11-26-17-25)14-19-6-4-3-5-7-19/h3-9,12-13,15-16,26H,10-11,14,17H2,1-2H3. The van der Waals surface area contributed by atoms with E-state index in [9.17, 15) is 4.79 Å². The lowest BCUT2D eigenvalue weighted by Crippen LogP contribution is -2.32. The summed E-state index contributed by atoms with van der Waals surface area (Å²) in [5, 5.41) is 9.36. The Bertz CT molecular complexity index is 1260. The summed E-state index contributed by atoms with van der Waals surface area (Å²) < 4.78 is 3.51. The molecular weight excluding hydrogens is 372 g/mol. The first-order chi connectivity index (χ1) is 14.6. The number of aryl methyl sites for hydroxylation is 2. The van der Waals surface area contributed by atoms with Crippen LogP contribution in [0.15, 0.2) is 71.8 Å². The lowest BCUT2D eigenvalue weighted by Gasteiger charge is -2.31. The number of nitrogens with one attached hydrogen (secondary N) is 1. The second-order valence-corrected chi connectivity index (χ2v) is 8.49. The zero-order chi connectivity index (χ0) is 20.7. The van der Waals surface area contributed by atoms with Crippen LogP contribution in [0.1, 0.15) is 23.1 Å². The third-order valence-electron chi connectivity index (χ3n) is 6.43. The minimum absolute atomic E-state index is 0.0229. The molecule has 2 aromatic heterocycles. The van der Waals surface area contributed by atoms with Crippen molar-refractivity contribution in [3.8, 4) is 5.69 Å². The van der Waals surface area contributed by atoms with Crippen molar-refractivity contribution < 1.29 is 0 Å². The van der Waals surface area contributed by atoms with Gasteiger partial charge in [-0.25, -0.2) is 4.68 Å². The van der Waals surface area contributed by atoms with Crippen LogP contribution >= 0.6 is 0 Å². The molecule has 152 valence electrons. The van der Waals surface area contributed by atoms with Gasteiger partial charge in [-0.2, -0.15) is 5.10 Å². The maximum absolute atomic E-state index is 11.8. The quantitative estimate of drug-likeness (QED) is 0.572. The van der Waals surface area contributed by atoms with Crippen molar-refractivity contribution in [3.05, 3.63) is 94.0 Å². The highest BCUT2D eigenvalue weighted by Crippen LogP contribution is 2.38. The lowest BCUT2D eigenvalue weighted by atomic mass is 9.73. The van der Waals surface area contributed by atoms with Gasteiger partial charge < -0.3 is 9.88 Å². The fourth-order valence-electron chi connectivity index (χ4n) is 4.87. The number of hydrogen-bond acceptors (Lipinski definition) is 3. The third-order valence-corrected chi connectivity index (χ3v) is 6.43. The van der Waals surface area contributed by atoms with Gasteiger partial charge in [0.2, 0.25) is 5.56 Å². The van der Waals surface area contributed by atoms with Crippen molar-refractivity contribution in [2.75, 3.05) is 13.1 Å². The normalized spacial score (nSPS) is 18.9. The van der Waals surface area contributed by atoms with E-state index in [4.69, 9.17) is 0 Å². The Balaban J connectivity index is 1.61. The van der Waals surface area contributed by atoms with Crippen molar-refractivity contribution >= 4 is 10.9 Å². The molecule has 1 fully saturated rings. The van der Waals surface area contributed by atoms with Crippen LogP contribution in [0.5, 0.6) is 0 Å². The monoisotopic (exact) mass is 398 g/mol. The third kappa shape index (κ3) is 3.15. The minimum Gasteiger partial charge on any atom is -0.316 e. The Morgan fingerprint density at radius 3 is 2.70 bits per heavy atom. The van der Waals surface area contributed by atoms with E-state index in [-0.39, 0.29) is 11.0 Å². The molecule has 30 heavy (non-hydrogen) atoms. The molecule has 5 rings (SSSR count). The molecule has 1 aliphatic heterocycles. The SMILES string of the molecule is Cc1cc2c(cnn2-c2ccc(=O)n(C)c2)cc1C1(Cc2ccccc2)CCNC1. The van der Waals surface area contributed by atoms with E-state index in [1.54, 1.807) is 17.7 Å². The number of rotatable bonds is 4. The number of aromatic nitrogens is 3. The second kappa shape index (κ2) is 7.26.